The number of hydrogen-bond donors (Lipinski definition) is 2. The van der Waals surface area contributed by atoms with Gasteiger partial charge in [0.25, 0.3) is 0 Å². The standard InChI is InChI=1S/C25H33Br2NO6/c1-25(2,3)34-23(30)14-21(28-22(15-29)17-8-6-5-7-9-17)19-12-18(26)13-20(27)24(19)33-16-32-11-10-31-4/h5-9,12-13,21-22,28-29H,10-11,14-16H2,1-4H3/t21-,22+/m0/s1. The molecule has 0 unspecified atom stereocenters. The third-order valence-corrected chi connectivity index (χ3v) is 5.76. The molecule has 0 radical (unpaired) electrons. The first kappa shape index (κ1) is 28.7. The Morgan fingerprint density at radius 3 is 2.41 bits per heavy atom. The Bertz CT molecular complexity index is 904. The summed E-state index contributed by atoms with van der Waals surface area (Å²) in [6.07, 6.45) is 0.0321. The normalized spacial score (nSPS) is 13.4. The van der Waals surface area contributed by atoms with Crippen LogP contribution in [0.25, 0.3) is 0 Å². The van der Waals surface area contributed by atoms with Gasteiger partial charge in [0.2, 0.25) is 0 Å². The van der Waals surface area contributed by atoms with Crippen molar-refractivity contribution in [1.82, 2.24) is 5.32 Å². The third kappa shape index (κ3) is 9.64. The second-order valence-corrected chi connectivity index (χ2v) is 10.4. The van der Waals surface area contributed by atoms with Gasteiger partial charge in [-0.1, -0.05) is 46.3 Å². The van der Waals surface area contributed by atoms with E-state index in [2.05, 4.69) is 37.2 Å². The number of nitrogens with one attached hydrogen (secondary N) is 1. The molecule has 0 aliphatic rings. The van der Waals surface area contributed by atoms with Gasteiger partial charge < -0.3 is 29.4 Å². The van der Waals surface area contributed by atoms with Gasteiger partial charge in [-0.3, -0.25) is 4.79 Å². The van der Waals surface area contributed by atoms with E-state index < -0.39 is 17.7 Å². The molecule has 0 aliphatic carbocycles. The van der Waals surface area contributed by atoms with Gasteiger partial charge in [0, 0.05) is 23.2 Å². The van der Waals surface area contributed by atoms with Crippen molar-refractivity contribution in [3.05, 3.63) is 62.5 Å². The predicted octanol–water partition coefficient (Wildman–Crippen LogP) is 5.31. The largest absolute Gasteiger partial charge is 0.466 e. The fourth-order valence-corrected chi connectivity index (χ4v) is 4.66. The lowest BCUT2D eigenvalue weighted by molar-refractivity contribution is -0.155. The number of halogens is 2. The third-order valence-electron chi connectivity index (χ3n) is 4.71. The summed E-state index contributed by atoms with van der Waals surface area (Å²) in [4.78, 5) is 12.8. The van der Waals surface area contributed by atoms with E-state index in [0.29, 0.717) is 23.4 Å². The molecule has 7 nitrogen and oxygen atoms in total. The molecule has 0 saturated carbocycles. The Morgan fingerprint density at radius 2 is 1.79 bits per heavy atom. The number of benzene rings is 2. The summed E-state index contributed by atoms with van der Waals surface area (Å²) in [5, 5.41) is 13.6. The molecule has 2 aromatic rings. The lowest BCUT2D eigenvalue weighted by atomic mass is 9.99. The summed E-state index contributed by atoms with van der Waals surface area (Å²) in [5.74, 6) is 0.166. The van der Waals surface area contributed by atoms with E-state index in [-0.39, 0.29) is 25.8 Å². The van der Waals surface area contributed by atoms with Gasteiger partial charge in [-0.05, 0) is 54.4 Å². The van der Waals surface area contributed by atoms with Crippen LogP contribution in [0.4, 0.5) is 0 Å². The van der Waals surface area contributed by atoms with Crippen molar-refractivity contribution in [3.63, 3.8) is 0 Å². The Hall–Kier alpha value is -1.49. The number of rotatable bonds is 13. The highest BCUT2D eigenvalue weighted by Gasteiger charge is 2.28. The minimum atomic E-state index is -0.621. The quantitative estimate of drug-likeness (QED) is 0.183. The zero-order valence-corrected chi connectivity index (χ0v) is 23.1. The van der Waals surface area contributed by atoms with Crippen molar-refractivity contribution in [3.8, 4) is 5.75 Å². The summed E-state index contributed by atoms with van der Waals surface area (Å²) in [5.41, 5.74) is 1.000. The average Bonchev–Trinajstić information content (AvgIpc) is 2.76. The van der Waals surface area contributed by atoms with Crippen LogP contribution in [-0.2, 0) is 19.0 Å². The van der Waals surface area contributed by atoms with Crippen molar-refractivity contribution in [2.75, 3.05) is 33.7 Å². The lowest BCUT2D eigenvalue weighted by Crippen LogP contribution is -2.33. The number of hydrogen-bond acceptors (Lipinski definition) is 7. The van der Waals surface area contributed by atoms with Crippen LogP contribution in [0, 0.1) is 0 Å². The van der Waals surface area contributed by atoms with Crippen molar-refractivity contribution in [1.29, 1.82) is 0 Å². The molecule has 0 amide bonds. The zero-order chi connectivity index (χ0) is 25.1. The van der Waals surface area contributed by atoms with E-state index in [1.54, 1.807) is 7.11 Å². The summed E-state index contributed by atoms with van der Waals surface area (Å²) in [6.45, 7) is 6.19. The minimum absolute atomic E-state index is 0.0118. The number of aliphatic hydroxyl groups excluding tert-OH is 1. The molecular weight excluding hydrogens is 570 g/mol. The fraction of sp³-hybridized carbons (Fsp3) is 0.480. The van der Waals surface area contributed by atoms with Gasteiger partial charge in [-0.15, -0.1) is 0 Å². The molecule has 0 bridgehead atoms. The Kier molecular flexibility index (Phi) is 12.0. The van der Waals surface area contributed by atoms with E-state index in [1.165, 1.54) is 0 Å². The van der Waals surface area contributed by atoms with Crippen molar-refractivity contribution in [2.45, 2.75) is 44.9 Å². The molecule has 2 aromatic carbocycles. The number of esters is 1. The van der Waals surface area contributed by atoms with Crippen LogP contribution in [0.5, 0.6) is 5.75 Å². The van der Waals surface area contributed by atoms with Crippen LogP contribution in [0.2, 0.25) is 0 Å². The number of carbonyl (C=O) groups excluding carboxylic acids is 1. The monoisotopic (exact) mass is 601 g/mol. The van der Waals surface area contributed by atoms with E-state index in [4.69, 9.17) is 18.9 Å². The highest BCUT2D eigenvalue weighted by Crippen LogP contribution is 2.38. The molecule has 2 atom stereocenters. The van der Waals surface area contributed by atoms with E-state index in [0.717, 1.165) is 15.6 Å². The van der Waals surface area contributed by atoms with E-state index in [1.807, 2.05) is 63.2 Å². The summed E-state index contributed by atoms with van der Waals surface area (Å²) < 4.78 is 23.5. The molecule has 9 heteroatoms. The van der Waals surface area contributed by atoms with Crippen molar-refractivity contribution < 1.29 is 28.8 Å². The number of ether oxygens (including phenoxy) is 4. The van der Waals surface area contributed by atoms with Crippen LogP contribution in [-0.4, -0.2) is 50.4 Å². The summed E-state index contributed by atoms with van der Waals surface area (Å²) in [7, 11) is 1.60. The van der Waals surface area contributed by atoms with Crippen LogP contribution >= 0.6 is 31.9 Å². The topological polar surface area (TPSA) is 86.3 Å². The molecular formula is C25H33Br2NO6. The van der Waals surface area contributed by atoms with Gasteiger partial charge in [0.15, 0.2) is 6.79 Å². The first-order chi connectivity index (χ1) is 16.1. The smallest absolute Gasteiger partial charge is 0.308 e. The molecule has 0 spiro atoms. The Balaban J connectivity index is 2.39. The second-order valence-electron chi connectivity index (χ2n) is 8.62. The van der Waals surface area contributed by atoms with Gasteiger partial charge in [0.05, 0.1) is 36.8 Å². The van der Waals surface area contributed by atoms with Crippen molar-refractivity contribution in [2.24, 2.45) is 0 Å². The SMILES string of the molecule is COCCOCOc1c(Br)cc(Br)cc1[C@H](CC(=O)OC(C)(C)C)N[C@H](CO)c1ccccc1. The zero-order valence-electron chi connectivity index (χ0n) is 20.0. The van der Waals surface area contributed by atoms with Crippen molar-refractivity contribution >= 4 is 37.8 Å². The maximum absolute atomic E-state index is 12.8. The first-order valence-corrected chi connectivity index (χ1v) is 12.5. The number of aliphatic hydroxyl groups is 1. The molecule has 0 fully saturated rings. The van der Waals surface area contributed by atoms with E-state index in [9.17, 15) is 9.90 Å². The molecule has 0 heterocycles. The Morgan fingerprint density at radius 1 is 1.09 bits per heavy atom. The first-order valence-electron chi connectivity index (χ1n) is 11.0. The maximum Gasteiger partial charge on any atom is 0.308 e. The fourth-order valence-electron chi connectivity index (χ4n) is 3.28. The number of carbonyl (C=O) groups is 1. The van der Waals surface area contributed by atoms with Crippen LogP contribution in [0.1, 0.15) is 50.4 Å². The van der Waals surface area contributed by atoms with Gasteiger partial charge in [0.1, 0.15) is 11.4 Å². The van der Waals surface area contributed by atoms with Crippen LogP contribution < -0.4 is 10.1 Å². The highest BCUT2D eigenvalue weighted by atomic mass is 79.9. The molecule has 2 rings (SSSR count). The molecule has 0 aliphatic heterocycles. The molecule has 0 saturated heterocycles. The van der Waals surface area contributed by atoms with Gasteiger partial charge >= 0.3 is 5.97 Å². The van der Waals surface area contributed by atoms with Gasteiger partial charge in [-0.25, -0.2) is 0 Å². The average molecular weight is 603 g/mol. The van der Waals surface area contributed by atoms with Crippen LogP contribution in [0.15, 0.2) is 51.4 Å². The lowest BCUT2D eigenvalue weighted by Gasteiger charge is -2.28. The van der Waals surface area contributed by atoms with E-state index >= 15 is 0 Å². The highest BCUT2D eigenvalue weighted by molar-refractivity contribution is 9.11. The molecule has 188 valence electrons. The minimum Gasteiger partial charge on any atom is -0.466 e. The van der Waals surface area contributed by atoms with Gasteiger partial charge in [-0.2, -0.15) is 0 Å². The summed E-state index contributed by atoms with van der Waals surface area (Å²) in [6, 6.07) is 12.4. The summed E-state index contributed by atoms with van der Waals surface area (Å²) >= 11 is 7.10. The molecule has 34 heavy (non-hydrogen) atoms. The molecule has 2 N–H and O–H groups in total. The Labute approximate surface area is 218 Å². The molecule has 0 aromatic heterocycles. The second kappa shape index (κ2) is 14.2. The maximum atomic E-state index is 12.8. The number of methoxy groups -OCH3 is 1. The predicted molar refractivity (Wildman–Crippen MR) is 138 cm³/mol. The van der Waals surface area contributed by atoms with Crippen LogP contribution in [0.3, 0.4) is 0 Å².